The number of esters is 1. The van der Waals surface area contributed by atoms with Gasteiger partial charge in [0, 0.05) is 0 Å². The van der Waals surface area contributed by atoms with Crippen LogP contribution in [0.25, 0.3) is 0 Å². The first kappa shape index (κ1) is 18.2. The molecule has 0 aliphatic carbocycles. The van der Waals surface area contributed by atoms with Crippen LogP contribution in [-0.2, 0) is 18.7 Å². The Bertz CT molecular complexity index is 507. The second-order valence-electron chi connectivity index (χ2n) is 7.65. The summed E-state index contributed by atoms with van der Waals surface area (Å²) in [5.74, 6) is -0.212. The zero-order valence-electron chi connectivity index (χ0n) is 15.0. The Hall–Kier alpha value is -1.11. The summed E-state index contributed by atoms with van der Waals surface area (Å²) in [5, 5.41) is 3.49. The van der Waals surface area contributed by atoms with E-state index >= 15 is 0 Å². The van der Waals surface area contributed by atoms with Gasteiger partial charge in [0.2, 0.25) is 0 Å². The van der Waals surface area contributed by atoms with Gasteiger partial charge in [-0.05, 0) is 43.1 Å². The average molecular weight is 340 g/mol. The Morgan fingerprint density at radius 2 is 2.13 bits per heavy atom. The largest absolute Gasteiger partial charge is 0.473 e. The summed E-state index contributed by atoms with van der Waals surface area (Å²) in [5.41, 5.74) is 1.05. The fraction of sp³-hybridized carbons (Fsp3) is 0.706. The van der Waals surface area contributed by atoms with Crippen molar-refractivity contribution in [1.29, 1.82) is 0 Å². The molecule has 1 fully saturated rings. The molecule has 2 aliphatic rings. The molecule has 3 atom stereocenters. The number of ether oxygens (including phenoxy) is 2. The van der Waals surface area contributed by atoms with Crippen molar-refractivity contribution in [1.82, 2.24) is 5.32 Å². The SMILES string of the molecule is CCOC(=O)[C@H]1CC2=COC=C[C@H](O[Si](C)(C)C(C)(C)C)[C@H]2N1. The lowest BCUT2D eigenvalue weighted by atomic mass is 10.0. The van der Waals surface area contributed by atoms with Gasteiger partial charge in [-0.1, -0.05) is 20.8 Å². The summed E-state index contributed by atoms with van der Waals surface area (Å²) in [6.45, 7) is 13.3. The van der Waals surface area contributed by atoms with Crippen LogP contribution in [0.3, 0.4) is 0 Å². The molecule has 0 saturated carbocycles. The molecule has 2 rings (SSSR count). The van der Waals surface area contributed by atoms with E-state index in [9.17, 15) is 4.79 Å². The third-order valence-electron chi connectivity index (χ3n) is 4.92. The van der Waals surface area contributed by atoms with Crippen LogP contribution < -0.4 is 5.32 Å². The van der Waals surface area contributed by atoms with Crippen LogP contribution in [0.1, 0.15) is 34.1 Å². The molecule has 0 unspecified atom stereocenters. The number of rotatable bonds is 4. The summed E-state index contributed by atoms with van der Waals surface area (Å²) < 4.78 is 17.1. The van der Waals surface area contributed by atoms with Crippen LogP contribution in [0.4, 0.5) is 0 Å². The Morgan fingerprint density at radius 1 is 1.43 bits per heavy atom. The minimum Gasteiger partial charge on any atom is -0.473 e. The molecule has 0 amide bonds. The van der Waals surface area contributed by atoms with Gasteiger partial charge in [0.15, 0.2) is 8.32 Å². The molecule has 0 bridgehead atoms. The molecular formula is C17H29NO4Si. The molecule has 2 heterocycles. The van der Waals surface area contributed by atoms with Crippen molar-refractivity contribution < 1.29 is 18.7 Å². The van der Waals surface area contributed by atoms with E-state index in [1.807, 2.05) is 13.0 Å². The Morgan fingerprint density at radius 3 is 2.74 bits per heavy atom. The molecule has 0 aromatic carbocycles. The van der Waals surface area contributed by atoms with Gasteiger partial charge in [0.05, 0.1) is 31.3 Å². The zero-order valence-corrected chi connectivity index (χ0v) is 16.0. The maximum atomic E-state index is 12.0. The van der Waals surface area contributed by atoms with E-state index in [2.05, 4.69) is 39.2 Å². The van der Waals surface area contributed by atoms with E-state index in [-0.39, 0.29) is 29.2 Å². The Kier molecular flexibility index (Phi) is 5.38. The molecule has 1 N–H and O–H groups in total. The maximum Gasteiger partial charge on any atom is 0.323 e. The zero-order chi connectivity index (χ0) is 17.3. The highest BCUT2D eigenvalue weighted by molar-refractivity contribution is 6.74. The number of fused-ring (bicyclic) bond motifs is 1. The van der Waals surface area contributed by atoms with Crippen LogP contribution in [0, 0.1) is 0 Å². The molecular weight excluding hydrogens is 310 g/mol. The van der Waals surface area contributed by atoms with Crippen molar-refractivity contribution in [2.75, 3.05) is 6.61 Å². The van der Waals surface area contributed by atoms with Crippen molar-refractivity contribution in [2.45, 2.75) is 70.4 Å². The lowest BCUT2D eigenvalue weighted by Crippen LogP contribution is -2.50. The van der Waals surface area contributed by atoms with E-state index in [1.54, 1.807) is 12.5 Å². The van der Waals surface area contributed by atoms with Crippen LogP contribution in [0.15, 0.2) is 24.2 Å². The molecule has 0 radical (unpaired) electrons. The number of carbonyl (C=O) groups is 1. The molecule has 0 spiro atoms. The first-order chi connectivity index (χ1) is 10.7. The van der Waals surface area contributed by atoms with Gasteiger partial charge in [0.25, 0.3) is 0 Å². The topological polar surface area (TPSA) is 56.8 Å². The van der Waals surface area contributed by atoms with Crippen LogP contribution in [0.2, 0.25) is 18.1 Å². The first-order valence-electron chi connectivity index (χ1n) is 8.27. The third-order valence-corrected chi connectivity index (χ3v) is 9.40. The summed E-state index contributed by atoms with van der Waals surface area (Å²) >= 11 is 0. The molecule has 2 aliphatic heterocycles. The molecule has 130 valence electrons. The summed E-state index contributed by atoms with van der Waals surface area (Å²) in [7, 11) is -1.93. The highest BCUT2D eigenvalue weighted by Gasteiger charge is 2.44. The van der Waals surface area contributed by atoms with Gasteiger partial charge >= 0.3 is 5.97 Å². The van der Waals surface area contributed by atoms with Crippen molar-refractivity contribution in [3.63, 3.8) is 0 Å². The van der Waals surface area contributed by atoms with Gasteiger partial charge in [-0.2, -0.15) is 0 Å². The van der Waals surface area contributed by atoms with E-state index in [0.29, 0.717) is 13.0 Å². The van der Waals surface area contributed by atoms with E-state index in [1.165, 1.54) is 0 Å². The monoisotopic (exact) mass is 339 g/mol. The second kappa shape index (κ2) is 6.79. The minimum absolute atomic E-state index is 0.0442. The third kappa shape index (κ3) is 4.05. The van der Waals surface area contributed by atoms with Crippen LogP contribution >= 0.6 is 0 Å². The predicted molar refractivity (Wildman–Crippen MR) is 92.3 cm³/mol. The van der Waals surface area contributed by atoms with Crippen LogP contribution in [-0.4, -0.2) is 39.1 Å². The molecule has 0 aromatic rings. The Labute approximate surface area is 140 Å². The van der Waals surface area contributed by atoms with Gasteiger partial charge in [0.1, 0.15) is 6.04 Å². The summed E-state index contributed by atoms with van der Waals surface area (Å²) in [6.07, 6.45) is 5.80. The number of carbonyl (C=O) groups excluding carboxylic acids is 1. The minimum atomic E-state index is -1.93. The number of hydrogen-bond acceptors (Lipinski definition) is 5. The van der Waals surface area contributed by atoms with Crippen molar-refractivity contribution >= 4 is 14.3 Å². The fourth-order valence-corrected chi connectivity index (χ4v) is 3.80. The van der Waals surface area contributed by atoms with Gasteiger partial charge in [-0.25, -0.2) is 0 Å². The van der Waals surface area contributed by atoms with Crippen LogP contribution in [0.5, 0.6) is 0 Å². The van der Waals surface area contributed by atoms with E-state index < -0.39 is 8.32 Å². The van der Waals surface area contributed by atoms with Crippen molar-refractivity contribution in [2.24, 2.45) is 0 Å². The lowest BCUT2D eigenvalue weighted by molar-refractivity contribution is -0.145. The van der Waals surface area contributed by atoms with Gasteiger partial charge in [-0.15, -0.1) is 0 Å². The first-order valence-corrected chi connectivity index (χ1v) is 11.2. The van der Waals surface area contributed by atoms with E-state index in [0.717, 1.165) is 5.57 Å². The molecule has 5 nitrogen and oxygen atoms in total. The van der Waals surface area contributed by atoms with Crippen molar-refractivity contribution in [3.8, 4) is 0 Å². The molecule has 0 aromatic heterocycles. The number of nitrogens with one attached hydrogen (secondary N) is 1. The smallest absolute Gasteiger partial charge is 0.323 e. The fourth-order valence-electron chi connectivity index (χ4n) is 2.55. The lowest BCUT2D eigenvalue weighted by Gasteiger charge is -2.40. The second-order valence-corrected chi connectivity index (χ2v) is 12.4. The number of hydrogen-bond donors (Lipinski definition) is 1. The van der Waals surface area contributed by atoms with Gasteiger partial charge < -0.3 is 13.9 Å². The van der Waals surface area contributed by atoms with Gasteiger partial charge in [-0.3, -0.25) is 10.1 Å². The Balaban J connectivity index is 2.15. The van der Waals surface area contributed by atoms with E-state index in [4.69, 9.17) is 13.9 Å². The molecule has 23 heavy (non-hydrogen) atoms. The molecule has 1 saturated heterocycles. The average Bonchev–Trinajstić information content (AvgIpc) is 2.77. The summed E-state index contributed by atoms with van der Waals surface area (Å²) in [6, 6.07) is -0.371. The maximum absolute atomic E-state index is 12.0. The normalized spacial score (nSPS) is 27.7. The summed E-state index contributed by atoms with van der Waals surface area (Å²) in [4.78, 5) is 12.0. The standard InChI is InChI=1S/C17H29NO4Si/c1-7-21-16(19)13-10-12-11-20-9-8-14(15(12)18-13)22-23(5,6)17(2,3)4/h8-9,11,13-15,18H,7,10H2,1-6H3/t13-,14+,15+/m1/s1. The van der Waals surface area contributed by atoms with Crippen molar-refractivity contribution in [3.05, 3.63) is 24.2 Å². The predicted octanol–water partition coefficient (Wildman–Crippen LogP) is 3.10. The highest BCUT2D eigenvalue weighted by atomic mass is 28.4. The highest BCUT2D eigenvalue weighted by Crippen LogP contribution is 2.39. The molecule has 6 heteroatoms. The quantitative estimate of drug-likeness (QED) is 0.630.